The predicted octanol–water partition coefficient (Wildman–Crippen LogP) is 3.24. The summed E-state index contributed by atoms with van der Waals surface area (Å²) in [6.07, 6.45) is 0. The molecule has 9 heteroatoms. The summed E-state index contributed by atoms with van der Waals surface area (Å²) < 4.78 is 5.32. The molecule has 1 fully saturated rings. The van der Waals surface area contributed by atoms with Gasteiger partial charge in [-0.15, -0.1) is 0 Å². The Labute approximate surface area is 198 Å². The maximum absolute atomic E-state index is 13.2. The van der Waals surface area contributed by atoms with Gasteiger partial charge in [-0.05, 0) is 31.3 Å². The predicted molar refractivity (Wildman–Crippen MR) is 131 cm³/mol. The molecule has 1 saturated heterocycles. The van der Waals surface area contributed by atoms with Crippen LogP contribution in [0, 0.1) is 10.1 Å². The lowest BCUT2D eigenvalue weighted by molar-refractivity contribution is -0.384. The van der Waals surface area contributed by atoms with Gasteiger partial charge in [0.05, 0.1) is 28.9 Å². The minimum absolute atomic E-state index is 0.0620. The lowest BCUT2D eigenvalue weighted by Crippen LogP contribution is -2.46. The van der Waals surface area contributed by atoms with Crippen LogP contribution in [0.3, 0.4) is 0 Å². The number of nitro groups is 1. The number of aromatic amines is 1. The van der Waals surface area contributed by atoms with Crippen LogP contribution in [-0.2, 0) is 0 Å². The van der Waals surface area contributed by atoms with E-state index < -0.39 is 4.92 Å². The number of para-hydroxylation sites is 1. The molecule has 9 nitrogen and oxygen atoms in total. The van der Waals surface area contributed by atoms with Crippen molar-refractivity contribution >= 4 is 11.6 Å². The summed E-state index contributed by atoms with van der Waals surface area (Å²) in [7, 11) is 3.70. The number of hydrogen-bond donors (Lipinski definition) is 2. The number of carbonyl (C=O) groups excluding carboxylic acids is 1. The van der Waals surface area contributed by atoms with Gasteiger partial charge < -0.3 is 19.9 Å². The van der Waals surface area contributed by atoms with Crippen LogP contribution in [0.5, 0.6) is 5.75 Å². The number of methoxy groups -OCH3 is 1. The minimum atomic E-state index is -0.434. The highest BCUT2D eigenvalue weighted by molar-refractivity contribution is 6.02. The summed E-state index contributed by atoms with van der Waals surface area (Å²) in [5.41, 5.74) is 2.58. The van der Waals surface area contributed by atoms with E-state index in [1.54, 1.807) is 31.4 Å². The minimum Gasteiger partial charge on any atom is -0.497 e. The highest BCUT2D eigenvalue weighted by atomic mass is 16.6. The first-order chi connectivity index (χ1) is 16.5. The zero-order valence-corrected chi connectivity index (χ0v) is 19.4. The van der Waals surface area contributed by atoms with Crippen LogP contribution >= 0.6 is 0 Å². The number of amides is 1. The number of likely N-dealkylation sites (N-methyl/N-ethyl adjacent to an activating group) is 1. The second kappa shape index (κ2) is 10.5. The average molecular weight is 464 g/mol. The van der Waals surface area contributed by atoms with Gasteiger partial charge in [-0.25, -0.2) is 0 Å². The van der Waals surface area contributed by atoms with Crippen LogP contribution in [0.4, 0.5) is 5.69 Å². The van der Waals surface area contributed by atoms with Gasteiger partial charge in [0.15, 0.2) is 0 Å². The van der Waals surface area contributed by atoms with Crippen molar-refractivity contribution in [1.82, 2.24) is 20.1 Å². The zero-order valence-electron chi connectivity index (χ0n) is 19.4. The molecule has 0 bridgehead atoms. The van der Waals surface area contributed by atoms with Crippen molar-refractivity contribution < 1.29 is 14.5 Å². The van der Waals surface area contributed by atoms with E-state index in [0.29, 0.717) is 34.8 Å². The van der Waals surface area contributed by atoms with Crippen molar-refractivity contribution in [1.29, 1.82) is 0 Å². The summed E-state index contributed by atoms with van der Waals surface area (Å²) in [5.74, 6) is 0.408. The molecule has 0 spiro atoms. The fourth-order valence-corrected chi connectivity index (χ4v) is 4.13. The number of ether oxygens (including phenoxy) is 1. The molecule has 0 radical (unpaired) electrons. The maximum Gasteiger partial charge on any atom is 0.278 e. The SMILES string of the molecule is COc1cccc(-c2cc(C(=O)NCCN3CCN(C)CC3)c(-c3ccccc3[N+](=O)[O-])[nH]2)c1. The highest BCUT2D eigenvalue weighted by Crippen LogP contribution is 2.35. The highest BCUT2D eigenvalue weighted by Gasteiger charge is 2.24. The molecule has 1 aliphatic rings. The lowest BCUT2D eigenvalue weighted by Gasteiger charge is -2.32. The number of H-pyrrole nitrogens is 1. The van der Waals surface area contributed by atoms with E-state index in [9.17, 15) is 14.9 Å². The number of nitrogens with zero attached hydrogens (tertiary/aromatic N) is 3. The normalized spacial score (nSPS) is 14.6. The van der Waals surface area contributed by atoms with Gasteiger partial charge in [-0.2, -0.15) is 0 Å². The van der Waals surface area contributed by atoms with Crippen molar-refractivity contribution in [2.24, 2.45) is 0 Å². The standard InChI is InChI=1S/C25H29N5O4/c1-28-12-14-29(15-13-28)11-10-26-25(31)21-17-22(18-6-5-7-19(16-18)34-2)27-24(21)20-8-3-4-9-23(20)30(32)33/h3-9,16-17,27H,10-15H2,1-2H3,(H,26,31). The number of rotatable bonds is 8. The Morgan fingerprint density at radius 3 is 2.62 bits per heavy atom. The Morgan fingerprint density at radius 1 is 1.12 bits per heavy atom. The lowest BCUT2D eigenvalue weighted by atomic mass is 10.1. The molecule has 3 aromatic rings. The van der Waals surface area contributed by atoms with Gasteiger partial charge in [0.25, 0.3) is 11.6 Å². The van der Waals surface area contributed by atoms with E-state index in [0.717, 1.165) is 38.3 Å². The van der Waals surface area contributed by atoms with E-state index in [-0.39, 0.29) is 11.6 Å². The van der Waals surface area contributed by atoms with Gasteiger partial charge in [0.2, 0.25) is 0 Å². The van der Waals surface area contributed by atoms with Crippen LogP contribution in [-0.4, -0.2) is 79.0 Å². The zero-order chi connectivity index (χ0) is 24.1. The molecule has 1 amide bonds. The molecule has 1 aromatic heterocycles. The molecule has 0 atom stereocenters. The van der Waals surface area contributed by atoms with Crippen molar-refractivity contribution in [2.75, 3.05) is 53.4 Å². The number of nitro benzene ring substituents is 1. The molecule has 0 unspecified atom stereocenters. The molecular formula is C25H29N5O4. The van der Waals surface area contributed by atoms with Crippen LogP contribution in [0.15, 0.2) is 54.6 Å². The van der Waals surface area contributed by atoms with Crippen LogP contribution in [0.25, 0.3) is 22.5 Å². The molecule has 178 valence electrons. The number of aromatic nitrogens is 1. The first-order valence-electron chi connectivity index (χ1n) is 11.3. The summed E-state index contributed by atoms with van der Waals surface area (Å²) in [6, 6.07) is 15.6. The number of hydrogen-bond acceptors (Lipinski definition) is 6. The van der Waals surface area contributed by atoms with Gasteiger partial charge in [-0.3, -0.25) is 19.8 Å². The van der Waals surface area contributed by atoms with Gasteiger partial charge in [0.1, 0.15) is 5.75 Å². The Kier molecular flexibility index (Phi) is 7.24. The van der Waals surface area contributed by atoms with Crippen molar-refractivity contribution in [3.63, 3.8) is 0 Å². The largest absolute Gasteiger partial charge is 0.497 e. The van der Waals surface area contributed by atoms with E-state index >= 15 is 0 Å². The Bertz CT molecular complexity index is 1170. The summed E-state index contributed by atoms with van der Waals surface area (Å²) in [4.78, 5) is 32.3. The molecule has 1 aliphatic heterocycles. The Balaban J connectivity index is 1.62. The topological polar surface area (TPSA) is 104 Å². The molecule has 2 aromatic carbocycles. The summed E-state index contributed by atoms with van der Waals surface area (Å²) in [6.45, 7) is 5.22. The molecule has 4 rings (SSSR count). The third-order valence-electron chi connectivity index (χ3n) is 6.12. The maximum atomic E-state index is 13.2. The number of piperazine rings is 1. The smallest absolute Gasteiger partial charge is 0.278 e. The molecule has 2 heterocycles. The van der Waals surface area contributed by atoms with Crippen LogP contribution < -0.4 is 10.1 Å². The van der Waals surface area contributed by atoms with Gasteiger partial charge >= 0.3 is 0 Å². The van der Waals surface area contributed by atoms with Crippen LogP contribution in [0.2, 0.25) is 0 Å². The number of carbonyl (C=O) groups is 1. The third kappa shape index (κ3) is 5.27. The van der Waals surface area contributed by atoms with Gasteiger partial charge in [-0.1, -0.05) is 24.3 Å². The monoisotopic (exact) mass is 463 g/mol. The Hall–Kier alpha value is -3.69. The Morgan fingerprint density at radius 2 is 1.88 bits per heavy atom. The first kappa shape index (κ1) is 23.5. The second-order valence-electron chi connectivity index (χ2n) is 8.38. The molecule has 2 N–H and O–H groups in total. The molecule has 34 heavy (non-hydrogen) atoms. The van der Waals surface area contributed by atoms with Crippen molar-refractivity contribution in [2.45, 2.75) is 0 Å². The first-order valence-corrected chi connectivity index (χ1v) is 11.3. The number of nitrogens with one attached hydrogen (secondary N) is 2. The van der Waals surface area contributed by atoms with E-state index in [1.807, 2.05) is 24.3 Å². The average Bonchev–Trinajstić information content (AvgIpc) is 3.31. The van der Waals surface area contributed by atoms with Crippen molar-refractivity contribution in [3.8, 4) is 28.3 Å². The van der Waals surface area contributed by atoms with E-state index in [1.165, 1.54) is 6.07 Å². The quantitative estimate of drug-likeness (QED) is 0.393. The van der Waals surface area contributed by atoms with Crippen molar-refractivity contribution in [3.05, 3.63) is 70.3 Å². The molecule has 0 saturated carbocycles. The second-order valence-corrected chi connectivity index (χ2v) is 8.38. The number of benzene rings is 2. The van der Waals surface area contributed by atoms with Gasteiger partial charge in [0, 0.05) is 56.6 Å². The molecular weight excluding hydrogens is 434 g/mol. The summed E-state index contributed by atoms with van der Waals surface area (Å²) in [5, 5.41) is 14.7. The van der Waals surface area contributed by atoms with E-state index in [2.05, 4.69) is 27.1 Å². The fraction of sp³-hybridized carbons (Fsp3) is 0.320. The fourth-order valence-electron chi connectivity index (χ4n) is 4.13. The van der Waals surface area contributed by atoms with Crippen LogP contribution in [0.1, 0.15) is 10.4 Å². The van der Waals surface area contributed by atoms with E-state index in [4.69, 9.17) is 4.74 Å². The summed E-state index contributed by atoms with van der Waals surface area (Å²) >= 11 is 0. The third-order valence-corrected chi connectivity index (χ3v) is 6.12. The molecule has 0 aliphatic carbocycles.